The van der Waals surface area contributed by atoms with Gasteiger partial charge in [-0.2, -0.15) is 4.31 Å². The van der Waals surface area contributed by atoms with Crippen LogP contribution in [-0.4, -0.2) is 48.3 Å². The lowest BCUT2D eigenvalue weighted by molar-refractivity contribution is 0.134. The van der Waals surface area contributed by atoms with E-state index in [4.69, 9.17) is 4.74 Å². The summed E-state index contributed by atoms with van der Waals surface area (Å²) in [4.78, 5) is 4.10. The van der Waals surface area contributed by atoms with Crippen LogP contribution in [0, 0.1) is 5.92 Å². The molecular formula is C12H21N3O3S. The van der Waals surface area contributed by atoms with Crippen molar-refractivity contribution < 1.29 is 13.2 Å². The first-order chi connectivity index (χ1) is 9.06. The van der Waals surface area contributed by atoms with Gasteiger partial charge in [0.15, 0.2) is 0 Å². The van der Waals surface area contributed by atoms with Crippen molar-refractivity contribution in [2.75, 3.05) is 26.0 Å². The van der Waals surface area contributed by atoms with Gasteiger partial charge in [-0.05, 0) is 6.42 Å². The van der Waals surface area contributed by atoms with Gasteiger partial charge < -0.3 is 9.30 Å². The summed E-state index contributed by atoms with van der Waals surface area (Å²) in [7, 11) is -1.55. The van der Waals surface area contributed by atoms with Gasteiger partial charge in [0.1, 0.15) is 0 Å². The minimum atomic E-state index is -3.19. The zero-order valence-electron chi connectivity index (χ0n) is 11.4. The zero-order chi connectivity index (χ0) is 13.9. The van der Waals surface area contributed by atoms with E-state index < -0.39 is 10.0 Å². The van der Waals surface area contributed by atoms with Crippen molar-refractivity contribution >= 4 is 10.0 Å². The molecule has 0 saturated carbocycles. The van der Waals surface area contributed by atoms with Crippen molar-refractivity contribution in [2.45, 2.75) is 26.4 Å². The summed E-state index contributed by atoms with van der Waals surface area (Å²) in [6.45, 7) is 4.10. The first kappa shape index (κ1) is 14.5. The summed E-state index contributed by atoms with van der Waals surface area (Å²) >= 11 is 0. The van der Waals surface area contributed by atoms with Gasteiger partial charge in [0.2, 0.25) is 10.0 Å². The Bertz CT molecular complexity index is 512. The number of ether oxygens (including phenoxy) is 1. The highest BCUT2D eigenvalue weighted by Crippen LogP contribution is 2.19. The zero-order valence-corrected chi connectivity index (χ0v) is 12.3. The Balaban J connectivity index is 2.25. The molecule has 1 aliphatic heterocycles. The molecule has 1 aromatic rings. The number of aromatic nitrogens is 2. The van der Waals surface area contributed by atoms with Gasteiger partial charge >= 0.3 is 0 Å². The summed E-state index contributed by atoms with van der Waals surface area (Å²) in [5.41, 5.74) is 0.943. The van der Waals surface area contributed by atoms with Gasteiger partial charge in [-0.15, -0.1) is 0 Å². The second kappa shape index (κ2) is 6.02. The molecule has 2 rings (SSSR count). The van der Waals surface area contributed by atoms with Crippen LogP contribution in [0.15, 0.2) is 12.5 Å². The molecule has 0 radical (unpaired) electrons. The second-order valence-corrected chi connectivity index (χ2v) is 7.06. The van der Waals surface area contributed by atoms with Crippen LogP contribution in [0.3, 0.4) is 0 Å². The normalized spacial score (nSPS) is 21.1. The van der Waals surface area contributed by atoms with E-state index in [0.717, 1.165) is 12.2 Å². The summed E-state index contributed by atoms with van der Waals surface area (Å²) in [5.74, 6) is 0.355. The molecule has 1 aliphatic rings. The molecule has 0 amide bonds. The molecule has 0 fully saturated rings. The molecule has 0 bridgehead atoms. The molecule has 1 atom stereocenters. The Morgan fingerprint density at radius 3 is 2.95 bits per heavy atom. The third-order valence-electron chi connectivity index (χ3n) is 3.31. The molecule has 7 heteroatoms. The first-order valence-corrected chi connectivity index (χ1v) is 8.13. The second-order valence-electron chi connectivity index (χ2n) is 4.97. The molecule has 108 valence electrons. The summed E-state index contributed by atoms with van der Waals surface area (Å²) in [6.07, 6.45) is 4.13. The summed E-state index contributed by atoms with van der Waals surface area (Å²) < 4.78 is 33.3. The molecule has 0 unspecified atom stereocenters. The van der Waals surface area contributed by atoms with Crippen LogP contribution in [0.25, 0.3) is 0 Å². The van der Waals surface area contributed by atoms with Crippen molar-refractivity contribution in [3.05, 3.63) is 18.2 Å². The standard InChI is InChI=1S/C12H21N3O3S/c1-3-4-19(16,17)15-7-11(9-18-2)6-14-10-13-5-12(14)8-15/h5,10-11H,3-4,6-9H2,1-2H3/t11-/m0/s1. The summed E-state index contributed by atoms with van der Waals surface area (Å²) in [5, 5.41) is 0. The van der Waals surface area contributed by atoms with Gasteiger partial charge in [0, 0.05) is 32.3 Å². The van der Waals surface area contributed by atoms with Crippen molar-refractivity contribution in [3.8, 4) is 0 Å². The summed E-state index contributed by atoms with van der Waals surface area (Å²) in [6, 6.07) is 0. The van der Waals surface area contributed by atoms with E-state index in [1.165, 1.54) is 0 Å². The molecule has 2 heterocycles. The van der Waals surface area contributed by atoms with Crippen LogP contribution < -0.4 is 0 Å². The van der Waals surface area contributed by atoms with Gasteiger partial charge in [-0.3, -0.25) is 0 Å². The van der Waals surface area contributed by atoms with Crippen LogP contribution >= 0.6 is 0 Å². The van der Waals surface area contributed by atoms with Crippen LogP contribution in [-0.2, 0) is 27.8 Å². The smallest absolute Gasteiger partial charge is 0.214 e. The highest BCUT2D eigenvalue weighted by molar-refractivity contribution is 7.89. The molecule has 6 nitrogen and oxygen atoms in total. The minimum Gasteiger partial charge on any atom is -0.384 e. The lowest BCUT2D eigenvalue weighted by atomic mass is 10.1. The largest absolute Gasteiger partial charge is 0.384 e. The third kappa shape index (κ3) is 3.34. The van der Waals surface area contributed by atoms with Crippen molar-refractivity contribution in [3.63, 3.8) is 0 Å². The number of hydrogen-bond acceptors (Lipinski definition) is 4. The Morgan fingerprint density at radius 1 is 1.47 bits per heavy atom. The maximum atomic E-state index is 12.3. The lowest BCUT2D eigenvalue weighted by Gasteiger charge is -2.23. The predicted molar refractivity (Wildman–Crippen MR) is 72.1 cm³/mol. The van der Waals surface area contributed by atoms with Crippen molar-refractivity contribution in [1.82, 2.24) is 13.9 Å². The Hall–Kier alpha value is -0.920. The van der Waals surface area contributed by atoms with E-state index >= 15 is 0 Å². The van der Waals surface area contributed by atoms with Crippen LogP contribution in [0.1, 0.15) is 19.0 Å². The van der Waals surface area contributed by atoms with E-state index in [1.54, 1.807) is 23.9 Å². The number of rotatable bonds is 5. The number of hydrogen-bond donors (Lipinski definition) is 0. The topological polar surface area (TPSA) is 64.4 Å². The predicted octanol–water partition coefficient (Wildman–Crippen LogP) is 0.701. The number of sulfonamides is 1. The highest BCUT2D eigenvalue weighted by Gasteiger charge is 2.29. The molecule has 0 spiro atoms. The lowest BCUT2D eigenvalue weighted by Crippen LogP contribution is -2.36. The Morgan fingerprint density at radius 2 is 2.26 bits per heavy atom. The van der Waals surface area contributed by atoms with E-state index in [2.05, 4.69) is 4.98 Å². The molecule has 0 N–H and O–H groups in total. The molecule has 19 heavy (non-hydrogen) atoms. The average Bonchev–Trinajstić information content (AvgIpc) is 2.68. The van der Waals surface area contributed by atoms with Crippen molar-refractivity contribution in [2.24, 2.45) is 5.92 Å². The van der Waals surface area contributed by atoms with Gasteiger partial charge in [0.05, 0.1) is 30.9 Å². The number of imidazole rings is 1. The molecule has 0 aromatic carbocycles. The molecule has 0 aliphatic carbocycles. The van der Waals surface area contributed by atoms with E-state index in [1.807, 2.05) is 11.5 Å². The number of methoxy groups -OCH3 is 1. The van der Waals surface area contributed by atoms with Crippen molar-refractivity contribution in [1.29, 1.82) is 0 Å². The van der Waals surface area contributed by atoms with Gasteiger partial charge in [-0.25, -0.2) is 13.4 Å². The van der Waals surface area contributed by atoms with E-state index in [0.29, 0.717) is 26.1 Å². The van der Waals surface area contributed by atoms with E-state index in [-0.39, 0.29) is 11.7 Å². The molecular weight excluding hydrogens is 266 g/mol. The SMILES string of the molecule is CCCS(=O)(=O)N1Cc2cncn2C[C@H](COC)C1. The Kier molecular flexibility index (Phi) is 4.59. The van der Waals surface area contributed by atoms with Gasteiger partial charge in [-0.1, -0.05) is 6.92 Å². The molecule has 0 saturated heterocycles. The van der Waals surface area contributed by atoms with Crippen LogP contribution in [0.2, 0.25) is 0 Å². The average molecular weight is 287 g/mol. The fraction of sp³-hybridized carbons (Fsp3) is 0.750. The Labute approximate surface area is 114 Å². The molecule has 1 aromatic heterocycles. The maximum Gasteiger partial charge on any atom is 0.214 e. The van der Waals surface area contributed by atoms with Crippen LogP contribution in [0.4, 0.5) is 0 Å². The quantitative estimate of drug-likeness (QED) is 0.800. The monoisotopic (exact) mass is 287 g/mol. The highest BCUT2D eigenvalue weighted by atomic mass is 32.2. The number of nitrogens with zero attached hydrogens (tertiary/aromatic N) is 3. The van der Waals surface area contributed by atoms with Gasteiger partial charge in [0.25, 0.3) is 0 Å². The maximum absolute atomic E-state index is 12.3. The van der Waals surface area contributed by atoms with Crippen LogP contribution in [0.5, 0.6) is 0 Å². The third-order valence-corrected chi connectivity index (χ3v) is 5.30. The number of fused-ring (bicyclic) bond motifs is 1. The first-order valence-electron chi connectivity index (χ1n) is 6.52. The fourth-order valence-electron chi connectivity index (χ4n) is 2.45. The fourth-order valence-corrected chi connectivity index (χ4v) is 3.99. The van der Waals surface area contributed by atoms with E-state index in [9.17, 15) is 8.42 Å². The minimum absolute atomic E-state index is 0.159.